The van der Waals surface area contributed by atoms with E-state index in [1.807, 2.05) is 30.3 Å². The molecule has 0 amide bonds. The summed E-state index contributed by atoms with van der Waals surface area (Å²) >= 11 is 5.96. The molecule has 0 aliphatic carbocycles. The van der Waals surface area contributed by atoms with Crippen molar-refractivity contribution in [3.8, 4) is 5.69 Å². The van der Waals surface area contributed by atoms with Crippen LogP contribution in [0.4, 0.5) is 0 Å². The zero-order valence-corrected chi connectivity index (χ0v) is 11.1. The van der Waals surface area contributed by atoms with E-state index in [0.29, 0.717) is 10.8 Å². The van der Waals surface area contributed by atoms with Crippen molar-refractivity contribution in [2.45, 2.75) is 0 Å². The molecule has 0 radical (unpaired) electrons. The summed E-state index contributed by atoms with van der Waals surface area (Å²) in [4.78, 5) is 16.2. The van der Waals surface area contributed by atoms with Crippen LogP contribution in [0.3, 0.4) is 0 Å². The average molecular weight is 310 g/mol. The zero-order valence-electron chi connectivity index (χ0n) is 8.63. The first kappa shape index (κ1) is 10.8. The quantitative estimate of drug-likeness (QED) is 0.510. The first-order valence-electron chi connectivity index (χ1n) is 4.99. The Morgan fingerprint density at radius 1 is 1.18 bits per heavy atom. The molecule has 17 heavy (non-hydrogen) atoms. The number of pyridine rings is 1. The molecule has 5 heteroatoms. The molecular formula is C12H7ClN2OSe. The van der Waals surface area contributed by atoms with E-state index in [0.717, 1.165) is 9.65 Å². The molecule has 3 nitrogen and oxygen atoms in total. The van der Waals surface area contributed by atoms with Gasteiger partial charge in [-0.1, -0.05) is 0 Å². The number of halogens is 1. The SMILES string of the molecule is O=c1c2ccccc2[se]n1-c1cccnc1Cl. The summed E-state index contributed by atoms with van der Waals surface area (Å²) in [5.74, 6) is 0. The molecule has 0 aliphatic rings. The fourth-order valence-corrected chi connectivity index (χ4v) is 4.11. The number of hydrogen-bond acceptors (Lipinski definition) is 2. The Kier molecular flexibility index (Phi) is 2.63. The van der Waals surface area contributed by atoms with Crippen molar-refractivity contribution < 1.29 is 0 Å². The van der Waals surface area contributed by atoms with Crippen LogP contribution >= 0.6 is 11.6 Å². The predicted octanol–water partition coefficient (Wildman–Crippen LogP) is 2.10. The van der Waals surface area contributed by atoms with Gasteiger partial charge >= 0.3 is 108 Å². The van der Waals surface area contributed by atoms with E-state index in [4.69, 9.17) is 11.6 Å². The van der Waals surface area contributed by atoms with Gasteiger partial charge in [-0.15, -0.1) is 0 Å². The van der Waals surface area contributed by atoms with E-state index < -0.39 is 0 Å². The molecule has 84 valence electrons. The summed E-state index contributed by atoms with van der Waals surface area (Å²) in [7, 11) is 0. The van der Waals surface area contributed by atoms with Gasteiger partial charge in [0.25, 0.3) is 0 Å². The van der Waals surface area contributed by atoms with Gasteiger partial charge in [0.05, 0.1) is 0 Å². The Bertz CT molecular complexity index is 747. The molecule has 0 saturated carbocycles. The van der Waals surface area contributed by atoms with Crippen LogP contribution in [0.2, 0.25) is 5.15 Å². The fraction of sp³-hybridized carbons (Fsp3) is 0. The van der Waals surface area contributed by atoms with Crippen molar-refractivity contribution in [3.63, 3.8) is 0 Å². The van der Waals surface area contributed by atoms with Crippen molar-refractivity contribution in [1.82, 2.24) is 8.55 Å². The third kappa shape index (κ3) is 1.75. The molecule has 2 aromatic heterocycles. The second kappa shape index (κ2) is 4.15. The van der Waals surface area contributed by atoms with Gasteiger partial charge in [0.2, 0.25) is 0 Å². The molecule has 3 aromatic rings. The van der Waals surface area contributed by atoms with Gasteiger partial charge in [-0.25, -0.2) is 0 Å². The summed E-state index contributed by atoms with van der Waals surface area (Å²) < 4.78 is 2.80. The van der Waals surface area contributed by atoms with Gasteiger partial charge in [0, 0.05) is 0 Å². The van der Waals surface area contributed by atoms with Crippen LogP contribution in [-0.2, 0) is 0 Å². The van der Waals surface area contributed by atoms with Gasteiger partial charge in [0.1, 0.15) is 0 Å². The zero-order chi connectivity index (χ0) is 11.8. The first-order valence-corrected chi connectivity index (χ1v) is 6.99. The monoisotopic (exact) mass is 310 g/mol. The van der Waals surface area contributed by atoms with Crippen LogP contribution in [0.1, 0.15) is 0 Å². The standard InChI is InChI=1S/C12H7ClN2OSe/c13-11-9(5-3-7-14-11)15-12(16)8-4-1-2-6-10(8)17-15/h1-7H. The molecule has 0 atom stereocenters. The van der Waals surface area contributed by atoms with E-state index in [1.165, 1.54) is 0 Å². The molecule has 0 N–H and O–H groups in total. The second-order valence-electron chi connectivity index (χ2n) is 3.50. The molecular weight excluding hydrogens is 303 g/mol. The molecule has 1 aromatic carbocycles. The van der Waals surface area contributed by atoms with Crippen molar-refractivity contribution in [2.24, 2.45) is 0 Å². The van der Waals surface area contributed by atoms with Gasteiger partial charge in [0.15, 0.2) is 0 Å². The minimum atomic E-state index is -0.0552. The van der Waals surface area contributed by atoms with Crippen LogP contribution in [0.5, 0.6) is 0 Å². The van der Waals surface area contributed by atoms with Crippen LogP contribution < -0.4 is 5.56 Å². The second-order valence-corrected chi connectivity index (χ2v) is 5.93. The third-order valence-electron chi connectivity index (χ3n) is 2.45. The Balaban J connectivity index is 2.36. The molecule has 0 aliphatic heterocycles. The van der Waals surface area contributed by atoms with E-state index in [2.05, 4.69) is 4.98 Å². The van der Waals surface area contributed by atoms with Crippen molar-refractivity contribution in [2.75, 3.05) is 0 Å². The molecule has 0 spiro atoms. The normalized spacial score (nSPS) is 10.9. The summed E-state index contributed by atoms with van der Waals surface area (Å²) in [6.07, 6.45) is 1.62. The predicted molar refractivity (Wildman–Crippen MR) is 69.3 cm³/mol. The van der Waals surface area contributed by atoms with Gasteiger partial charge in [-0.2, -0.15) is 0 Å². The van der Waals surface area contributed by atoms with Crippen molar-refractivity contribution in [3.05, 3.63) is 58.1 Å². The maximum atomic E-state index is 12.2. The number of aromatic nitrogens is 2. The number of benzene rings is 1. The summed E-state index contributed by atoms with van der Waals surface area (Å²) in [6, 6.07) is 11.3. The van der Waals surface area contributed by atoms with Crippen LogP contribution in [0, 0.1) is 0 Å². The Morgan fingerprint density at radius 2 is 2.00 bits per heavy atom. The number of hydrogen-bond donors (Lipinski definition) is 0. The number of nitrogens with zero attached hydrogens (tertiary/aromatic N) is 2. The molecule has 2 heterocycles. The van der Waals surface area contributed by atoms with Crippen LogP contribution in [0.15, 0.2) is 47.4 Å². The molecule has 3 rings (SSSR count). The molecule has 0 fully saturated rings. The van der Waals surface area contributed by atoms with Gasteiger partial charge in [-0.3, -0.25) is 0 Å². The summed E-state index contributed by atoms with van der Waals surface area (Å²) in [6.45, 7) is 0. The number of fused-ring (bicyclic) bond motifs is 1. The third-order valence-corrected chi connectivity index (χ3v) is 5.04. The van der Waals surface area contributed by atoms with E-state index >= 15 is 0 Å². The molecule has 0 saturated heterocycles. The maximum absolute atomic E-state index is 12.2. The summed E-state index contributed by atoms with van der Waals surface area (Å²) in [5.41, 5.74) is 0.700. The van der Waals surface area contributed by atoms with E-state index in [1.54, 1.807) is 15.8 Å². The Morgan fingerprint density at radius 3 is 2.76 bits per heavy atom. The van der Waals surface area contributed by atoms with Crippen LogP contribution in [0.25, 0.3) is 15.3 Å². The van der Waals surface area contributed by atoms with E-state index in [-0.39, 0.29) is 20.3 Å². The Labute approximate surface area is 108 Å². The van der Waals surface area contributed by atoms with E-state index in [9.17, 15) is 4.79 Å². The minimum absolute atomic E-state index is 0.00972. The van der Waals surface area contributed by atoms with Crippen LogP contribution in [-0.4, -0.2) is 23.3 Å². The Hall–Kier alpha value is -1.35. The van der Waals surface area contributed by atoms with Crippen molar-refractivity contribution in [1.29, 1.82) is 0 Å². The topological polar surface area (TPSA) is 34.9 Å². The molecule has 0 unspecified atom stereocenters. The first-order chi connectivity index (χ1) is 8.27. The number of rotatable bonds is 1. The van der Waals surface area contributed by atoms with Gasteiger partial charge in [-0.05, 0) is 0 Å². The fourth-order valence-electron chi connectivity index (χ4n) is 1.66. The molecule has 0 bridgehead atoms. The summed E-state index contributed by atoms with van der Waals surface area (Å²) in [5, 5.41) is 1.14. The average Bonchev–Trinajstić information content (AvgIpc) is 2.68. The van der Waals surface area contributed by atoms with Gasteiger partial charge < -0.3 is 0 Å². The van der Waals surface area contributed by atoms with Crippen molar-refractivity contribution >= 4 is 36.0 Å².